The van der Waals surface area contributed by atoms with Crippen LogP contribution in [-0.4, -0.2) is 29.7 Å². The summed E-state index contributed by atoms with van der Waals surface area (Å²) in [4.78, 5) is 10.4. The van der Waals surface area contributed by atoms with E-state index in [1.54, 1.807) is 24.3 Å². The average Bonchev–Trinajstić information content (AvgIpc) is 2.28. The summed E-state index contributed by atoms with van der Waals surface area (Å²) in [6.07, 6.45) is 0. The zero-order valence-corrected chi connectivity index (χ0v) is 9.61. The van der Waals surface area contributed by atoms with E-state index in [2.05, 4.69) is 0 Å². The van der Waals surface area contributed by atoms with Gasteiger partial charge in [-0.25, -0.2) is 0 Å². The van der Waals surface area contributed by atoms with Gasteiger partial charge in [-0.2, -0.15) is 0 Å². The maximum Gasteiger partial charge on any atom is 0.325 e. The van der Waals surface area contributed by atoms with Crippen molar-refractivity contribution in [2.45, 2.75) is 12.3 Å². The number of carboxylic acid groups (broad SMARTS) is 1. The Hall–Kier alpha value is -1.42. The molecule has 4 nitrogen and oxygen atoms in total. The van der Waals surface area contributed by atoms with E-state index in [9.17, 15) is 4.79 Å². The second-order valence-corrected chi connectivity index (χ2v) is 3.55. The molecule has 0 bridgehead atoms. The number of hydrogen-bond donors (Lipinski definition) is 1. The van der Waals surface area contributed by atoms with Crippen LogP contribution in [0.2, 0.25) is 0 Å². The van der Waals surface area contributed by atoms with Gasteiger partial charge in [-0.15, -0.1) is 11.6 Å². The smallest absolute Gasteiger partial charge is 0.325 e. The van der Waals surface area contributed by atoms with Crippen molar-refractivity contribution in [3.63, 3.8) is 0 Å². The Kier molecular flexibility index (Phi) is 4.92. The first-order chi connectivity index (χ1) is 7.63. The Labute approximate surface area is 98.7 Å². The molecular weight excluding hydrogens is 232 g/mol. The molecule has 16 heavy (non-hydrogen) atoms. The van der Waals surface area contributed by atoms with Crippen molar-refractivity contribution in [3.05, 3.63) is 24.3 Å². The molecule has 1 N–H and O–H groups in total. The lowest BCUT2D eigenvalue weighted by atomic mass is 10.3. The molecule has 0 aliphatic carbocycles. The van der Waals surface area contributed by atoms with E-state index in [1.807, 2.05) is 6.92 Å². The summed E-state index contributed by atoms with van der Waals surface area (Å²) in [6.45, 7) is 2.43. The molecule has 1 unspecified atom stereocenters. The fourth-order valence-corrected chi connectivity index (χ4v) is 1.10. The monoisotopic (exact) mass is 244 g/mol. The molecule has 1 atom stereocenters. The zero-order valence-electron chi connectivity index (χ0n) is 8.85. The zero-order chi connectivity index (χ0) is 12.0. The van der Waals surface area contributed by atoms with Crippen LogP contribution < -0.4 is 9.47 Å². The maximum atomic E-state index is 10.4. The van der Waals surface area contributed by atoms with E-state index in [-0.39, 0.29) is 6.61 Å². The third kappa shape index (κ3) is 3.98. The highest BCUT2D eigenvalue weighted by Crippen LogP contribution is 2.17. The SMILES string of the molecule is CCOc1ccc(OCC(Cl)C(=O)O)cc1. The number of rotatable bonds is 6. The van der Waals surface area contributed by atoms with Gasteiger partial charge >= 0.3 is 5.97 Å². The number of aliphatic carboxylic acids is 1. The van der Waals surface area contributed by atoms with Gasteiger partial charge < -0.3 is 14.6 Å². The number of ether oxygens (including phenoxy) is 2. The number of benzene rings is 1. The average molecular weight is 245 g/mol. The standard InChI is InChI=1S/C11H13ClO4/c1-2-15-8-3-5-9(6-4-8)16-7-10(12)11(13)14/h3-6,10H,2,7H2,1H3,(H,13,14). The van der Waals surface area contributed by atoms with Crippen LogP contribution in [0.1, 0.15) is 6.92 Å². The first kappa shape index (κ1) is 12.6. The lowest BCUT2D eigenvalue weighted by Gasteiger charge is -2.08. The van der Waals surface area contributed by atoms with Crippen LogP contribution in [-0.2, 0) is 4.79 Å². The predicted molar refractivity (Wildman–Crippen MR) is 60.4 cm³/mol. The summed E-state index contributed by atoms with van der Waals surface area (Å²) >= 11 is 5.50. The highest BCUT2D eigenvalue weighted by atomic mass is 35.5. The summed E-state index contributed by atoms with van der Waals surface area (Å²) in [7, 11) is 0. The normalized spacial score (nSPS) is 11.9. The molecule has 0 radical (unpaired) electrons. The molecule has 0 saturated carbocycles. The van der Waals surface area contributed by atoms with E-state index >= 15 is 0 Å². The van der Waals surface area contributed by atoms with Gasteiger partial charge in [0, 0.05) is 0 Å². The van der Waals surface area contributed by atoms with Crippen LogP contribution in [0.15, 0.2) is 24.3 Å². The largest absolute Gasteiger partial charge is 0.494 e. The van der Waals surface area contributed by atoms with Gasteiger partial charge in [0.1, 0.15) is 18.1 Å². The van der Waals surface area contributed by atoms with E-state index in [1.165, 1.54) is 0 Å². The van der Waals surface area contributed by atoms with Crippen molar-refractivity contribution < 1.29 is 19.4 Å². The molecule has 0 aromatic heterocycles. The van der Waals surface area contributed by atoms with Crippen LogP contribution in [0, 0.1) is 0 Å². The van der Waals surface area contributed by atoms with Crippen molar-refractivity contribution in [1.29, 1.82) is 0 Å². The molecule has 1 aromatic carbocycles. The lowest BCUT2D eigenvalue weighted by molar-refractivity contribution is -0.137. The molecule has 1 aromatic rings. The first-order valence-corrected chi connectivity index (χ1v) is 5.29. The summed E-state index contributed by atoms with van der Waals surface area (Å²) in [6, 6.07) is 6.92. The molecule has 0 amide bonds. The molecule has 5 heteroatoms. The van der Waals surface area contributed by atoms with Gasteiger partial charge in [0.2, 0.25) is 0 Å². The van der Waals surface area contributed by atoms with Gasteiger partial charge in [0.25, 0.3) is 0 Å². The van der Waals surface area contributed by atoms with E-state index in [0.29, 0.717) is 12.4 Å². The fourth-order valence-electron chi connectivity index (χ4n) is 1.04. The van der Waals surface area contributed by atoms with Gasteiger partial charge in [-0.05, 0) is 31.2 Å². The summed E-state index contributed by atoms with van der Waals surface area (Å²) in [5, 5.41) is 7.51. The van der Waals surface area contributed by atoms with E-state index < -0.39 is 11.3 Å². The second-order valence-electron chi connectivity index (χ2n) is 3.02. The third-order valence-electron chi connectivity index (χ3n) is 1.80. The molecule has 0 spiro atoms. The topological polar surface area (TPSA) is 55.8 Å². The maximum absolute atomic E-state index is 10.4. The Morgan fingerprint density at radius 2 is 1.81 bits per heavy atom. The van der Waals surface area contributed by atoms with Crippen molar-refractivity contribution in [1.82, 2.24) is 0 Å². The minimum atomic E-state index is -1.09. The molecule has 0 aliphatic rings. The first-order valence-electron chi connectivity index (χ1n) is 4.86. The third-order valence-corrected chi connectivity index (χ3v) is 2.11. The molecule has 1 rings (SSSR count). The Morgan fingerprint density at radius 3 is 2.25 bits per heavy atom. The quantitative estimate of drug-likeness (QED) is 0.779. The summed E-state index contributed by atoms with van der Waals surface area (Å²) in [5.41, 5.74) is 0. The summed E-state index contributed by atoms with van der Waals surface area (Å²) < 4.78 is 10.4. The van der Waals surface area contributed by atoms with Crippen LogP contribution in [0.4, 0.5) is 0 Å². The van der Waals surface area contributed by atoms with Crippen molar-refractivity contribution in [2.24, 2.45) is 0 Å². The van der Waals surface area contributed by atoms with E-state index in [0.717, 1.165) is 5.75 Å². The van der Waals surface area contributed by atoms with Crippen molar-refractivity contribution >= 4 is 17.6 Å². The Morgan fingerprint density at radius 1 is 1.31 bits per heavy atom. The number of carbonyl (C=O) groups is 1. The van der Waals surface area contributed by atoms with Crippen LogP contribution >= 0.6 is 11.6 Å². The minimum Gasteiger partial charge on any atom is -0.494 e. The van der Waals surface area contributed by atoms with Gasteiger partial charge in [0.15, 0.2) is 5.38 Å². The van der Waals surface area contributed by atoms with Gasteiger partial charge in [-0.3, -0.25) is 4.79 Å². The molecule has 0 saturated heterocycles. The Balaban J connectivity index is 2.46. The second kappa shape index (κ2) is 6.23. The minimum absolute atomic E-state index is 0.0646. The van der Waals surface area contributed by atoms with Gasteiger partial charge in [-0.1, -0.05) is 0 Å². The van der Waals surface area contributed by atoms with E-state index in [4.69, 9.17) is 26.2 Å². The highest BCUT2D eigenvalue weighted by molar-refractivity contribution is 6.29. The fraction of sp³-hybridized carbons (Fsp3) is 0.364. The number of alkyl halides is 1. The van der Waals surface area contributed by atoms with Gasteiger partial charge in [0.05, 0.1) is 6.61 Å². The van der Waals surface area contributed by atoms with Crippen molar-refractivity contribution in [3.8, 4) is 11.5 Å². The predicted octanol–water partition coefficient (Wildman–Crippen LogP) is 2.16. The number of hydrogen-bond acceptors (Lipinski definition) is 3. The van der Waals surface area contributed by atoms with Crippen molar-refractivity contribution in [2.75, 3.05) is 13.2 Å². The number of carboxylic acids is 1. The number of halogens is 1. The highest BCUT2D eigenvalue weighted by Gasteiger charge is 2.13. The van der Waals surface area contributed by atoms with Crippen LogP contribution in [0.3, 0.4) is 0 Å². The lowest BCUT2D eigenvalue weighted by Crippen LogP contribution is -2.21. The van der Waals surface area contributed by atoms with Crippen LogP contribution in [0.5, 0.6) is 11.5 Å². The molecular formula is C11H13ClO4. The molecule has 88 valence electrons. The molecule has 0 heterocycles. The molecule has 0 fully saturated rings. The Bertz CT molecular complexity index is 336. The summed E-state index contributed by atoms with van der Waals surface area (Å²) in [5.74, 6) is 0.221. The van der Waals surface area contributed by atoms with Crippen LogP contribution in [0.25, 0.3) is 0 Å². The molecule has 0 aliphatic heterocycles.